The van der Waals surface area contributed by atoms with Crippen molar-refractivity contribution in [2.75, 3.05) is 17.6 Å². The predicted octanol–water partition coefficient (Wildman–Crippen LogP) is 3.46. The first kappa shape index (κ1) is 19.2. The van der Waals surface area contributed by atoms with E-state index in [-0.39, 0.29) is 5.91 Å². The second kappa shape index (κ2) is 7.35. The van der Waals surface area contributed by atoms with Crippen LogP contribution in [0.4, 0.5) is 5.82 Å². The molecule has 0 radical (unpaired) electrons. The number of rotatable bonds is 3. The Bertz CT molecular complexity index is 1010. The number of nitrogens with zero attached hydrogens (tertiary/aromatic N) is 3. The summed E-state index contributed by atoms with van der Waals surface area (Å²) in [6.07, 6.45) is 1.64. The molecule has 0 aliphatic carbocycles. The monoisotopic (exact) mass is 438 g/mol. The van der Waals surface area contributed by atoms with Gasteiger partial charge in [0.2, 0.25) is 0 Å². The van der Waals surface area contributed by atoms with Crippen LogP contribution in [-0.4, -0.2) is 49.3 Å². The van der Waals surface area contributed by atoms with Crippen LogP contribution in [0.15, 0.2) is 41.7 Å². The number of thioether (sulfide) groups is 1. The van der Waals surface area contributed by atoms with Gasteiger partial charge >= 0.3 is 5.97 Å². The highest BCUT2D eigenvalue weighted by molar-refractivity contribution is 8.00. The van der Waals surface area contributed by atoms with E-state index in [1.807, 2.05) is 0 Å². The molecule has 2 N–H and O–H groups in total. The summed E-state index contributed by atoms with van der Waals surface area (Å²) in [5.41, 5.74) is 1.82. The molecular formula is C18H16Cl2N4O3S. The van der Waals surface area contributed by atoms with E-state index in [0.29, 0.717) is 33.6 Å². The van der Waals surface area contributed by atoms with Crippen LogP contribution in [0.1, 0.15) is 18.5 Å². The van der Waals surface area contributed by atoms with Crippen molar-refractivity contribution in [2.45, 2.75) is 18.3 Å². The molecular weight excluding hydrogens is 423 g/mol. The standard InChI is InChI=1S/C18H16Cl2N4O3S/c1-9-14(16(25)23-6-7-28-17(23)18(26)27)15(24-13(22-9)4-5-21-24)10-2-3-11(19)12(20)8-10/h2-5,8,15,17,22H,6-7H2,1H3,(H,26,27). The van der Waals surface area contributed by atoms with Gasteiger partial charge in [0.15, 0.2) is 5.37 Å². The quantitative estimate of drug-likeness (QED) is 0.762. The molecule has 2 aromatic rings. The zero-order valence-corrected chi connectivity index (χ0v) is 17.1. The van der Waals surface area contributed by atoms with E-state index in [2.05, 4.69) is 10.4 Å². The summed E-state index contributed by atoms with van der Waals surface area (Å²) in [4.78, 5) is 26.4. The molecule has 4 rings (SSSR count). The summed E-state index contributed by atoms with van der Waals surface area (Å²) >= 11 is 13.5. The Morgan fingerprint density at radius 2 is 2.07 bits per heavy atom. The molecule has 1 saturated heterocycles. The Balaban J connectivity index is 1.82. The topological polar surface area (TPSA) is 87.5 Å². The number of carbonyl (C=O) groups is 2. The van der Waals surface area contributed by atoms with Gasteiger partial charge in [-0.15, -0.1) is 11.8 Å². The lowest BCUT2D eigenvalue weighted by Crippen LogP contribution is -2.43. The third-order valence-corrected chi connectivity index (χ3v) is 6.69. The van der Waals surface area contributed by atoms with E-state index in [4.69, 9.17) is 23.2 Å². The number of hydrogen-bond donors (Lipinski definition) is 2. The summed E-state index contributed by atoms with van der Waals surface area (Å²) < 4.78 is 1.69. The SMILES string of the molecule is CC1=C(C(=O)N2CCSC2C(=O)O)C(c2ccc(Cl)c(Cl)c2)n2nccc2N1. The van der Waals surface area contributed by atoms with E-state index >= 15 is 0 Å². The summed E-state index contributed by atoms with van der Waals surface area (Å²) in [5, 5.41) is 16.9. The Morgan fingerprint density at radius 3 is 2.79 bits per heavy atom. The number of aliphatic carboxylic acids is 1. The van der Waals surface area contributed by atoms with Crippen molar-refractivity contribution in [1.29, 1.82) is 0 Å². The minimum Gasteiger partial charge on any atom is -0.479 e. The first-order valence-electron chi connectivity index (χ1n) is 8.50. The van der Waals surface area contributed by atoms with Gasteiger partial charge in [-0.3, -0.25) is 4.79 Å². The van der Waals surface area contributed by atoms with Crippen molar-refractivity contribution < 1.29 is 14.7 Å². The van der Waals surface area contributed by atoms with E-state index in [9.17, 15) is 14.7 Å². The number of anilines is 1. The zero-order valence-electron chi connectivity index (χ0n) is 14.7. The fraction of sp³-hybridized carbons (Fsp3) is 0.278. The van der Waals surface area contributed by atoms with Crippen LogP contribution in [0.25, 0.3) is 0 Å². The summed E-state index contributed by atoms with van der Waals surface area (Å²) in [6, 6.07) is 6.44. The van der Waals surface area contributed by atoms with Gasteiger partial charge in [-0.2, -0.15) is 5.10 Å². The average molecular weight is 439 g/mol. The Morgan fingerprint density at radius 1 is 1.29 bits per heavy atom. The van der Waals surface area contributed by atoms with Gasteiger partial charge in [0, 0.05) is 24.1 Å². The molecule has 2 unspecified atom stereocenters. The minimum absolute atomic E-state index is 0.334. The van der Waals surface area contributed by atoms with Crippen LogP contribution in [-0.2, 0) is 9.59 Å². The zero-order chi connectivity index (χ0) is 20.0. The summed E-state index contributed by atoms with van der Waals surface area (Å²) in [6.45, 7) is 2.17. The van der Waals surface area contributed by atoms with E-state index in [1.165, 1.54) is 16.7 Å². The molecule has 0 spiro atoms. The van der Waals surface area contributed by atoms with Crippen LogP contribution in [0.2, 0.25) is 10.0 Å². The molecule has 7 nitrogen and oxygen atoms in total. The second-order valence-electron chi connectivity index (χ2n) is 6.46. The van der Waals surface area contributed by atoms with Gasteiger partial charge < -0.3 is 15.3 Å². The molecule has 1 aromatic heterocycles. The number of carboxylic acid groups (broad SMARTS) is 1. The number of halogens is 2. The largest absolute Gasteiger partial charge is 0.479 e. The molecule has 1 fully saturated rings. The Hall–Kier alpha value is -2.16. The van der Waals surface area contributed by atoms with Crippen molar-refractivity contribution in [3.05, 3.63) is 57.3 Å². The first-order chi connectivity index (χ1) is 13.4. The number of allylic oxidation sites excluding steroid dienone is 1. The molecule has 2 aliphatic heterocycles. The molecule has 10 heteroatoms. The van der Waals surface area contributed by atoms with Crippen LogP contribution in [0, 0.1) is 0 Å². The smallest absolute Gasteiger partial charge is 0.337 e. The molecule has 28 heavy (non-hydrogen) atoms. The molecule has 0 saturated carbocycles. The predicted molar refractivity (Wildman–Crippen MR) is 109 cm³/mol. The Labute approximate surface area is 175 Å². The van der Waals surface area contributed by atoms with Crippen molar-refractivity contribution in [2.24, 2.45) is 0 Å². The van der Waals surface area contributed by atoms with Crippen molar-refractivity contribution in [3.8, 4) is 0 Å². The normalized spacial score (nSPS) is 21.5. The van der Waals surface area contributed by atoms with Crippen molar-refractivity contribution in [3.63, 3.8) is 0 Å². The van der Waals surface area contributed by atoms with Crippen LogP contribution in [0.3, 0.4) is 0 Å². The molecule has 1 aromatic carbocycles. The maximum absolute atomic E-state index is 13.4. The highest BCUT2D eigenvalue weighted by Gasteiger charge is 2.41. The lowest BCUT2D eigenvalue weighted by Gasteiger charge is -2.32. The van der Waals surface area contributed by atoms with Gasteiger partial charge in [0.25, 0.3) is 5.91 Å². The molecule has 0 bridgehead atoms. The third kappa shape index (κ3) is 3.15. The van der Waals surface area contributed by atoms with Crippen molar-refractivity contribution in [1.82, 2.24) is 14.7 Å². The molecule has 2 aliphatic rings. The van der Waals surface area contributed by atoms with Gasteiger partial charge in [0.1, 0.15) is 11.9 Å². The van der Waals surface area contributed by atoms with Gasteiger partial charge in [-0.1, -0.05) is 29.3 Å². The minimum atomic E-state index is -1.02. The lowest BCUT2D eigenvalue weighted by molar-refractivity contribution is -0.144. The number of benzene rings is 1. The van der Waals surface area contributed by atoms with Crippen LogP contribution < -0.4 is 5.32 Å². The number of fused-ring (bicyclic) bond motifs is 1. The third-order valence-electron chi connectivity index (χ3n) is 4.76. The number of carboxylic acids is 1. The van der Waals surface area contributed by atoms with Crippen LogP contribution >= 0.6 is 35.0 Å². The molecule has 146 valence electrons. The average Bonchev–Trinajstić information content (AvgIpc) is 3.31. The van der Waals surface area contributed by atoms with Gasteiger partial charge in [-0.05, 0) is 24.6 Å². The van der Waals surface area contributed by atoms with E-state index < -0.39 is 17.4 Å². The molecule has 2 atom stereocenters. The maximum Gasteiger partial charge on any atom is 0.337 e. The maximum atomic E-state index is 13.4. The van der Waals surface area contributed by atoms with Gasteiger partial charge in [0.05, 0.1) is 21.8 Å². The fourth-order valence-corrected chi connectivity index (χ4v) is 4.87. The molecule has 3 heterocycles. The number of amides is 1. The lowest BCUT2D eigenvalue weighted by atomic mass is 9.94. The number of carbonyl (C=O) groups excluding carboxylic acids is 1. The summed E-state index contributed by atoms with van der Waals surface area (Å²) in [5.74, 6) is -0.0496. The van der Waals surface area contributed by atoms with E-state index in [1.54, 1.807) is 42.1 Å². The van der Waals surface area contributed by atoms with E-state index in [0.717, 1.165) is 11.4 Å². The van der Waals surface area contributed by atoms with Crippen molar-refractivity contribution >= 4 is 52.7 Å². The van der Waals surface area contributed by atoms with Crippen LogP contribution in [0.5, 0.6) is 0 Å². The Kier molecular flexibility index (Phi) is 5.03. The number of hydrogen-bond acceptors (Lipinski definition) is 5. The number of aromatic nitrogens is 2. The summed E-state index contributed by atoms with van der Waals surface area (Å²) in [7, 11) is 0. The highest BCUT2D eigenvalue weighted by Crippen LogP contribution is 2.39. The second-order valence-corrected chi connectivity index (χ2v) is 8.46. The highest BCUT2D eigenvalue weighted by atomic mass is 35.5. The van der Waals surface area contributed by atoms with Gasteiger partial charge in [-0.25, -0.2) is 9.48 Å². The fourth-order valence-electron chi connectivity index (χ4n) is 3.51. The number of nitrogens with one attached hydrogen (secondary N) is 1. The molecule has 1 amide bonds. The first-order valence-corrected chi connectivity index (χ1v) is 10.3.